The summed E-state index contributed by atoms with van der Waals surface area (Å²) in [6.07, 6.45) is 0. The smallest absolute Gasteiger partial charge is 0.265 e. The third-order valence-corrected chi connectivity index (χ3v) is 5.81. The van der Waals surface area contributed by atoms with Crippen LogP contribution in [0.3, 0.4) is 0 Å². The van der Waals surface area contributed by atoms with Crippen LogP contribution in [-0.2, 0) is 0 Å². The van der Waals surface area contributed by atoms with Gasteiger partial charge in [-0.25, -0.2) is 4.68 Å². The highest BCUT2D eigenvalue weighted by atomic mass is 79.9. The molecule has 0 aliphatic rings. The van der Waals surface area contributed by atoms with Gasteiger partial charge in [0.15, 0.2) is 0 Å². The Labute approximate surface area is 168 Å². The van der Waals surface area contributed by atoms with Crippen LogP contribution >= 0.6 is 27.3 Å². The van der Waals surface area contributed by atoms with E-state index in [2.05, 4.69) is 26.3 Å². The van der Waals surface area contributed by atoms with Gasteiger partial charge >= 0.3 is 0 Å². The molecule has 4 rings (SSSR count). The number of thiophene rings is 1. The van der Waals surface area contributed by atoms with E-state index in [0.717, 1.165) is 26.1 Å². The van der Waals surface area contributed by atoms with Crippen LogP contribution in [0.1, 0.15) is 15.4 Å². The van der Waals surface area contributed by atoms with Crippen LogP contribution in [0.25, 0.3) is 15.9 Å². The second-order valence-corrected chi connectivity index (χ2v) is 7.94. The Kier molecular flexibility index (Phi) is 4.72. The van der Waals surface area contributed by atoms with Crippen LogP contribution in [0.5, 0.6) is 5.75 Å². The number of benzene rings is 2. The Morgan fingerprint density at radius 3 is 2.70 bits per heavy atom. The van der Waals surface area contributed by atoms with Crippen LogP contribution in [-0.4, -0.2) is 22.8 Å². The average molecular weight is 442 g/mol. The Hall–Kier alpha value is -2.64. The summed E-state index contributed by atoms with van der Waals surface area (Å²) < 4.78 is 8.09. The number of carbonyl (C=O) groups excluding carboxylic acids is 1. The van der Waals surface area contributed by atoms with Crippen molar-refractivity contribution in [2.24, 2.45) is 0 Å². The third-order valence-electron chi connectivity index (χ3n) is 4.17. The molecule has 2 heterocycles. The second-order valence-electron chi connectivity index (χ2n) is 5.99. The largest absolute Gasteiger partial charge is 0.497 e. The summed E-state index contributed by atoms with van der Waals surface area (Å²) in [5, 5.41) is 8.53. The molecular formula is C20H16BrN3O2S. The topological polar surface area (TPSA) is 56.1 Å². The number of hydrogen-bond donors (Lipinski definition) is 1. The molecule has 0 fully saturated rings. The first-order valence-electron chi connectivity index (χ1n) is 8.25. The molecule has 2 aromatic heterocycles. The minimum Gasteiger partial charge on any atom is -0.497 e. The molecule has 0 aliphatic heterocycles. The summed E-state index contributed by atoms with van der Waals surface area (Å²) >= 11 is 4.88. The van der Waals surface area contributed by atoms with Gasteiger partial charge in [0.1, 0.15) is 10.6 Å². The maximum Gasteiger partial charge on any atom is 0.265 e. The minimum absolute atomic E-state index is 0.147. The van der Waals surface area contributed by atoms with Gasteiger partial charge < -0.3 is 10.1 Å². The van der Waals surface area contributed by atoms with Crippen molar-refractivity contribution >= 4 is 49.1 Å². The number of anilines is 1. The summed E-state index contributed by atoms with van der Waals surface area (Å²) in [4.78, 5) is 14.3. The van der Waals surface area contributed by atoms with Crippen molar-refractivity contribution in [2.45, 2.75) is 6.92 Å². The van der Waals surface area contributed by atoms with Gasteiger partial charge in [-0.3, -0.25) is 4.79 Å². The number of aromatic nitrogens is 2. The van der Waals surface area contributed by atoms with Crippen molar-refractivity contribution in [3.8, 4) is 11.4 Å². The molecule has 0 spiro atoms. The molecule has 1 N–H and O–H groups in total. The van der Waals surface area contributed by atoms with Gasteiger partial charge in [-0.05, 0) is 49.4 Å². The van der Waals surface area contributed by atoms with Gasteiger partial charge in [-0.1, -0.05) is 22.0 Å². The number of aryl methyl sites for hydroxylation is 1. The van der Waals surface area contributed by atoms with Crippen LogP contribution < -0.4 is 10.1 Å². The Morgan fingerprint density at radius 1 is 1.19 bits per heavy atom. The molecule has 27 heavy (non-hydrogen) atoms. The van der Waals surface area contributed by atoms with Gasteiger partial charge in [0, 0.05) is 21.6 Å². The predicted octanol–water partition coefficient (Wildman–Crippen LogP) is 5.42. The Balaban J connectivity index is 1.68. The quantitative estimate of drug-likeness (QED) is 0.459. The zero-order valence-corrected chi connectivity index (χ0v) is 17.1. The fraction of sp³-hybridized carbons (Fsp3) is 0.100. The van der Waals surface area contributed by atoms with Gasteiger partial charge in [0.25, 0.3) is 5.91 Å². The molecule has 0 radical (unpaired) electrons. The molecule has 0 unspecified atom stereocenters. The van der Waals surface area contributed by atoms with Gasteiger partial charge in [0.2, 0.25) is 0 Å². The van der Waals surface area contributed by atoms with Crippen molar-refractivity contribution in [3.05, 3.63) is 69.6 Å². The number of fused-ring (bicyclic) bond motifs is 1. The van der Waals surface area contributed by atoms with E-state index < -0.39 is 0 Å². The summed E-state index contributed by atoms with van der Waals surface area (Å²) in [6.45, 7) is 1.95. The molecule has 2 aromatic carbocycles. The van der Waals surface area contributed by atoms with Crippen molar-refractivity contribution in [1.82, 2.24) is 9.78 Å². The average Bonchev–Trinajstić information content (AvgIpc) is 3.24. The van der Waals surface area contributed by atoms with Crippen molar-refractivity contribution in [3.63, 3.8) is 0 Å². The molecule has 1 amide bonds. The third kappa shape index (κ3) is 3.48. The van der Waals surface area contributed by atoms with Gasteiger partial charge in [-0.2, -0.15) is 5.10 Å². The number of nitrogens with one attached hydrogen (secondary N) is 1. The van der Waals surface area contributed by atoms with Gasteiger partial charge in [-0.15, -0.1) is 11.3 Å². The molecule has 0 atom stereocenters. The summed E-state index contributed by atoms with van der Waals surface area (Å²) in [5.74, 6) is 0.553. The lowest BCUT2D eigenvalue weighted by Crippen LogP contribution is -2.10. The fourth-order valence-corrected chi connectivity index (χ4v) is 4.15. The van der Waals surface area contributed by atoms with E-state index in [9.17, 15) is 4.79 Å². The molecule has 136 valence electrons. The van der Waals surface area contributed by atoms with E-state index in [1.807, 2.05) is 60.1 Å². The molecule has 0 saturated heterocycles. The van der Waals surface area contributed by atoms with E-state index in [1.165, 1.54) is 11.3 Å². The molecular weight excluding hydrogens is 426 g/mol. The second kappa shape index (κ2) is 7.17. The number of ether oxygens (including phenoxy) is 1. The Morgan fingerprint density at radius 2 is 1.96 bits per heavy atom. The fourth-order valence-electron chi connectivity index (χ4n) is 2.81. The number of rotatable bonds is 4. The van der Waals surface area contributed by atoms with E-state index in [0.29, 0.717) is 16.3 Å². The van der Waals surface area contributed by atoms with Crippen LogP contribution in [0, 0.1) is 6.92 Å². The first-order chi connectivity index (χ1) is 13.0. The first-order valence-corrected chi connectivity index (χ1v) is 9.86. The monoisotopic (exact) mass is 441 g/mol. The van der Waals surface area contributed by atoms with E-state index >= 15 is 0 Å². The molecule has 7 heteroatoms. The number of methoxy groups -OCH3 is 1. The normalized spacial score (nSPS) is 10.9. The minimum atomic E-state index is -0.147. The van der Waals surface area contributed by atoms with Crippen LogP contribution in [0.15, 0.2) is 59.1 Å². The first kappa shape index (κ1) is 17.8. The van der Waals surface area contributed by atoms with E-state index in [1.54, 1.807) is 13.2 Å². The highest BCUT2D eigenvalue weighted by Gasteiger charge is 2.17. The molecule has 0 saturated carbocycles. The highest BCUT2D eigenvalue weighted by Crippen LogP contribution is 2.31. The van der Waals surface area contributed by atoms with Crippen LogP contribution in [0.2, 0.25) is 0 Å². The summed E-state index contributed by atoms with van der Waals surface area (Å²) in [6, 6.07) is 17.1. The maximum atomic E-state index is 12.7. The van der Waals surface area contributed by atoms with Crippen LogP contribution in [0.4, 0.5) is 5.69 Å². The molecule has 5 nitrogen and oxygen atoms in total. The SMILES string of the molecule is COc1cccc(NC(=O)c2cc3c(C)nn(-c4ccc(Br)cc4)c3s2)c1. The van der Waals surface area contributed by atoms with E-state index in [4.69, 9.17) is 4.74 Å². The summed E-state index contributed by atoms with van der Waals surface area (Å²) in [7, 11) is 1.60. The number of halogens is 1. The number of carbonyl (C=O) groups is 1. The lowest BCUT2D eigenvalue weighted by atomic mass is 10.2. The highest BCUT2D eigenvalue weighted by molar-refractivity contribution is 9.10. The zero-order chi connectivity index (χ0) is 19.0. The summed E-state index contributed by atoms with van der Waals surface area (Å²) in [5.41, 5.74) is 2.55. The lowest BCUT2D eigenvalue weighted by Gasteiger charge is -2.06. The molecule has 0 aliphatic carbocycles. The predicted molar refractivity (Wildman–Crippen MR) is 112 cm³/mol. The Bertz CT molecular complexity index is 1130. The maximum absolute atomic E-state index is 12.7. The van der Waals surface area contributed by atoms with E-state index in [-0.39, 0.29) is 5.91 Å². The van der Waals surface area contributed by atoms with Crippen molar-refractivity contribution in [2.75, 3.05) is 12.4 Å². The number of nitrogens with zero attached hydrogens (tertiary/aromatic N) is 2. The van der Waals surface area contributed by atoms with Crippen molar-refractivity contribution < 1.29 is 9.53 Å². The standard InChI is InChI=1S/C20H16BrN3O2S/c1-12-17-11-18(19(25)22-14-4-3-5-16(10-14)26-2)27-20(17)24(23-12)15-8-6-13(21)7-9-15/h3-11H,1-2H3,(H,22,25). The zero-order valence-electron chi connectivity index (χ0n) is 14.7. The van der Waals surface area contributed by atoms with Crippen molar-refractivity contribution in [1.29, 1.82) is 0 Å². The molecule has 4 aromatic rings. The van der Waals surface area contributed by atoms with Gasteiger partial charge in [0.05, 0.1) is 23.4 Å². The number of hydrogen-bond acceptors (Lipinski definition) is 4. The number of amides is 1. The lowest BCUT2D eigenvalue weighted by molar-refractivity contribution is 0.103. The molecule has 0 bridgehead atoms.